The summed E-state index contributed by atoms with van der Waals surface area (Å²) in [5, 5.41) is 3.06. The van der Waals surface area contributed by atoms with Gasteiger partial charge in [-0.25, -0.2) is 14.5 Å². The molecule has 1 aliphatic heterocycles. The Morgan fingerprint density at radius 1 is 1.19 bits per heavy atom. The summed E-state index contributed by atoms with van der Waals surface area (Å²) in [6, 6.07) is 11.0. The van der Waals surface area contributed by atoms with E-state index in [1.54, 1.807) is 37.3 Å². The Morgan fingerprint density at radius 2 is 1.91 bits per heavy atom. The van der Waals surface area contributed by atoms with Gasteiger partial charge in [0.25, 0.3) is 5.91 Å². The lowest BCUT2D eigenvalue weighted by Gasteiger charge is -2.19. The lowest BCUT2D eigenvalue weighted by Crippen LogP contribution is -2.38. The number of amides is 4. The monoisotopic (exact) mass is 455 g/mol. The van der Waals surface area contributed by atoms with E-state index in [0.29, 0.717) is 22.0 Å². The first-order valence-electron chi connectivity index (χ1n) is 9.93. The largest absolute Gasteiger partial charge is 0.462 e. The smallest absolute Gasteiger partial charge is 0.338 e. The molecule has 3 rings (SSSR count). The van der Waals surface area contributed by atoms with E-state index in [1.807, 2.05) is 0 Å². The molecule has 0 spiro atoms. The third-order valence-corrected chi connectivity index (χ3v) is 5.00. The van der Waals surface area contributed by atoms with Crippen molar-refractivity contribution in [3.8, 4) is 0 Å². The molecule has 2 aromatic carbocycles. The lowest BCUT2D eigenvalue weighted by molar-refractivity contribution is -0.124. The van der Waals surface area contributed by atoms with Crippen molar-refractivity contribution < 1.29 is 23.9 Å². The number of halogens is 1. The Bertz CT molecular complexity index is 1050. The molecule has 4 amide bonds. The van der Waals surface area contributed by atoms with Crippen LogP contribution in [0.1, 0.15) is 23.7 Å². The molecule has 8 nitrogen and oxygen atoms in total. The fourth-order valence-electron chi connectivity index (χ4n) is 3.32. The van der Waals surface area contributed by atoms with Gasteiger partial charge < -0.3 is 15.0 Å². The second-order valence-electron chi connectivity index (χ2n) is 6.94. The maximum atomic E-state index is 13.0. The first-order valence-corrected chi connectivity index (χ1v) is 10.3. The van der Waals surface area contributed by atoms with Crippen molar-refractivity contribution in [2.45, 2.75) is 19.4 Å². The molecular formula is C23H22ClN3O5. The van der Waals surface area contributed by atoms with Crippen LogP contribution in [0.4, 0.5) is 16.2 Å². The van der Waals surface area contributed by atoms with Crippen LogP contribution >= 0.6 is 11.6 Å². The summed E-state index contributed by atoms with van der Waals surface area (Å²) in [7, 11) is 0. The molecule has 0 aliphatic carbocycles. The molecule has 32 heavy (non-hydrogen) atoms. The Hall–Kier alpha value is -3.65. The Balaban J connectivity index is 1.73. The number of benzene rings is 2. The normalized spacial score (nSPS) is 15.6. The highest BCUT2D eigenvalue weighted by Crippen LogP contribution is 2.28. The molecule has 0 radical (unpaired) electrons. The third-order valence-electron chi connectivity index (χ3n) is 4.77. The molecule has 0 unspecified atom stereocenters. The van der Waals surface area contributed by atoms with E-state index >= 15 is 0 Å². The van der Waals surface area contributed by atoms with E-state index in [0.717, 1.165) is 4.90 Å². The van der Waals surface area contributed by atoms with Crippen molar-refractivity contribution in [2.24, 2.45) is 0 Å². The number of hydrogen-bond acceptors (Lipinski definition) is 5. The van der Waals surface area contributed by atoms with E-state index in [2.05, 4.69) is 11.9 Å². The topological polar surface area (TPSA) is 96.0 Å². The highest BCUT2D eigenvalue weighted by molar-refractivity contribution is 6.31. The van der Waals surface area contributed by atoms with Gasteiger partial charge in [0.05, 0.1) is 24.3 Å². The fraction of sp³-hybridized carbons (Fsp3) is 0.217. The predicted molar refractivity (Wildman–Crippen MR) is 121 cm³/mol. The number of urea groups is 1. The number of rotatable bonds is 8. The minimum absolute atomic E-state index is 0.105. The maximum Gasteiger partial charge on any atom is 0.338 e. The van der Waals surface area contributed by atoms with Crippen molar-refractivity contribution >= 4 is 46.8 Å². The summed E-state index contributed by atoms with van der Waals surface area (Å²) in [4.78, 5) is 52.6. The summed E-state index contributed by atoms with van der Waals surface area (Å²) in [5.74, 6) is -1.43. The van der Waals surface area contributed by atoms with Crippen LogP contribution in [0.2, 0.25) is 5.02 Å². The third kappa shape index (κ3) is 4.97. The molecule has 0 aromatic heterocycles. The second kappa shape index (κ2) is 10.1. The number of nitrogens with one attached hydrogen (secondary N) is 1. The Kier molecular flexibility index (Phi) is 7.27. The first-order chi connectivity index (χ1) is 15.3. The zero-order valence-corrected chi connectivity index (χ0v) is 18.2. The van der Waals surface area contributed by atoms with E-state index < -0.39 is 29.9 Å². The molecule has 0 bridgehead atoms. The molecule has 2 aromatic rings. The zero-order valence-electron chi connectivity index (χ0n) is 17.4. The lowest BCUT2D eigenvalue weighted by atomic mass is 10.1. The first kappa shape index (κ1) is 23.0. The molecule has 1 fully saturated rings. The fourth-order valence-corrected chi connectivity index (χ4v) is 3.51. The summed E-state index contributed by atoms with van der Waals surface area (Å²) < 4.78 is 4.93. The number of carbonyl (C=O) groups excluding carboxylic acids is 4. The van der Waals surface area contributed by atoms with Crippen LogP contribution < -0.4 is 10.2 Å². The van der Waals surface area contributed by atoms with Crippen molar-refractivity contribution in [1.82, 2.24) is 4.90 Å². The van der Waals surface area contributed by atoms with Gasteiger partial charge in [0, 0.05) is 17.3 Å². The van der Waals surface area contributed by atoms with Gasteiger partial charge in [0.15, 0.2) is 0 Å². The predicted octanol–water partition coefficient (Wildman–Crippen LogP) is 3.87. The van der Waals surface area contributed by atoms with E-state index in [-0.39, 0.29) is 19.6 Å². The van der Waals surface area contributed by atoms with Gasteiger partial charge in [0.2, 0.25) is 5.91 Å². The van der Waals surface area contributed by atoms with E-state index in [4.69, 9.17) is 16.3 Å². The Morgan fingerprint density at radius 3 is 2.53 bits per heavy atom. The highest BCUT2D eigenvalue weighted by Gasteiger charge is 2.46. The maximum absolute atomic E-state index is 13.0. The number of anilines is 2. The van der Waals surface area contributed by atoms with Crippen LogP contribution in [-0.4, -0.2) is 47.9 Å². The van der Waals surface area contributed by atoms with Gasteiger partial charge in [-0.15, -0.1) is 6.58 Å². The van der Waals surface area contributed by atoms with Crippen LogP contribution in [0.3, 0.4) is 0 Å². The number of ether oxygens (including phenoxy) is 1. The van der Waals surface area contributed by atoms with Crippen molar-refractivity contribution in [2.75, 3.05) is 23.4 Å². The number of carbonyl (C=O) groups is 4. The summed E-state index contributed by atoms with van der Waals surface area (Å²) in [5.41, 5.74) is 1.14. The van der Waals surface area contributed by atoms with Gasteiger partial charge in [-0.1, -0.05) is 23.7 Å². The van der Waals surface area contributed by atoms with Crippen molar-refractivity contribution in [1.29, 1.82) is 0 Å². The molecule has 1 N–H and O–H groups in total. The van der Waals surface area contributed by atoms with Crippen LogP contribution in [0.25, 0.3) is 0 Å². The van der Waals surface area contributed by atoms with Gasteiger partial charge >= 0.3 is 12.0 Å². The quantitative estimate of drug-likeness (QED) is 0.370. The molecule has 0 saturated carbocycles. The highest BCUT2D eigenvalue weighted by atomic mass is 35.5. The summed E-state index contributed by atoms with van der Waals surface area (Å²) in [6.07, 6.45) is 1.25. The van der Waals surface area contributed by atoms with Gasteiger partial charge in [-0.2, -0.15) is 0 Å². The van der Waals surface area contributed by atoms with Crippen LogP contribution in [0.15, 0.2) is 61.2 Å². The van der Waals surface area contributed by atoms with Crippen LogP contribution in [0.5, 0.6) is 0 Å². The SMILES string of the molecule is C=CCN1C(=O)N(c2cccc(Cl)c2)C(=O)[C@@H]1CC(=O)Nc1ccc(C(=O)OCC)cc1. The molecule has 166 valence electrons. The van der Waals surface area contributed by atoms with E-state index in [1.165, 1.54) is 29.2 Å². The van der Waals surface area contributed by atoms with Crippen LogP contribution in [0, 0.1) is 0 Å². The number of hydrogen-bond donors (Lipinski definition) is 1. The van der Waals surface area contributed by atoms with Crippen LogP contribution in [-0.2, 0) is 14.3 Å². The minimum Gasteiger partial charge on any atom is -0.462 e. The molecule has 9 heteroatoms. The molecule has 1 aliphatic rings. The second-order valence-corrected chi connectivity index (χ2v) is 7.38. The standard InChI is InChI=1S/C23H22ClN3O5/c1-3-12-26-19(21(29)27(23(26)31)18-7-5-6-16(24)13-18)14-20(28)25-17-10-8-15(9-11-17)22(30)32-4-2/h3,5-11,13,19H,1,4,12,14H2,2H3,(H,25,28)/t19-/m0/s1. The summed E-state index contributed by atoms with van der Waals surface area (Å²) in [6.45, 7) is 5.71. The molecule has 1 saturated heterocycles. The summed E-state index contributed by atoms with van der Waals surface area (Å²) >= 11 is 6.00. The van der Waals surface area contributed by atoms with Gasteiger partial charge in [0.1, 0.15) is 6.04 Å². The molecular weight excluding hydrogens is 434 g/mol. The molecule has 1 atom stereocenters. The Labute approximate surface area is 190 Å². The average Bonchev–Trinajstić information content (AvgIpc) is 2.98. The van der Waals surface area contributed by atoms with Gasteiger partial charge in [-0.3, -0.25) is 9.59 Å². The van der Waals surface area contributed by atoms with Crippen molar-refractivity contribution in [3.63, 3.8) is 0 Å². The van der Waals surface area contributed by atoms with Crippen molar-refractivity contribution in [3.05, 3.63) is 71.8 Å². The zero-order chi connectivity index (χ0) is 23.3. The minimum atomic E-state index is -0.988. The number of imide groups is 1. The number of esters is 1. The molecule has 1 heterocycles. The average molecular weight is 456 g/mol. The number of nitrogens with zero attached hydrogens (tertiary/aromatic N) is 2. The van der Waals surface area contributed by atoms with Gasteiger partial charge in [-0.05, 0) is 49.4 Å². The van der Waals surface area contributed by atoms with E-state index in [9.17, 15) is 19.2 Å².